The Hall–Kier alpha value is -3.26. The van der Waals surface area contributed by atoms with Crippen molar-refractivity contribution in [2.24, 2.45) is 0 Å². The number of carboxylic acid groups (broad SMARTS) is 1. The van der Waals surface area contributed by atoms with Gasteiger partial charge in [0.25, 0.3) is 0 Å². The van der Waals surface area contributed by atoms with Crippen molar-refractivity contribution in [2.75, 3.05) is 13.2 Å². The van der Waals surface area contributed by atoms with Crippen LogP contribution in [0.15, 0.2) is 66.7 Å². The average molecular weight is 510 g/mol. The van der Waals surface area contributed by atoms with Crippen LogP contribution in [0, 0.1) is 12.7 Å². The number of carboxylic acids is 1. The van der Waals surface area contributed by atoms with E-state index < -0.39 is 12.1 Å². The number of hydrogen-bond acceptors (Lipinski definition) is 5. The summed E-state index contributed by atoms with van der Waals surface area (Å²) < 4.78 is 25.8. The molecular weight excluding hydrogens is 473 g/mol. The molecule has 0 heterocycles. The lowest BCUT2D eigenvalue weighted by atomic mass is 9.94. The molecule has 7 heteroatoms. The number of halogens is 1. The van der Waals surface area contributed by atoms with Crippen molar-refractivity contribution in [3.8, 4) is 5.75 Å². The Morgan fingerprint density at radius 2 is 1.81 bits per heavy atom. The van der Waals surface area contributed by atoms with Gasteiger partial charge in [-0.15, -0.1) is 0 Å². The minimum atomic E-state index is -0.982. The van der Waals surface area contributed by atoms with Crippen LogP contribution >= 0.6 is 0 Å². The Kier molecular flexibility index (Phi) is 9.80. The molecule has 6 nitrogen and oxygen atoms in total. The van der Waals surface area contributed by atoms with Gasteiger partial charge in [0.2, 0.25) is 0 Å². The van der Waals surface area contributed by atoms with E-state index in [9.17, 15) is 19.4 Å². The minimum Gasteiger partial charge on any atom is -0.489 e. The van der Waals surface area contributed by atoms with Crippen LogP contribution < -0.4 is 10.1 Å². The van der Waals surface area contributed by atoms with Crippen LogP contribution in [0.1, 0.15) is 59.5 Å². The van der Waals surface area contributed by atoms with E-state index >= 15 is 0 Å². The van der Waals surface area contributed by atoms with Gasteiger partial charge in [0, 0.05) is 17.6 Å². The fourth-order valence-electron chi connectivity index (χ4n) is 4.02. The number of nitrogens with one attached hydrogen (secondary N) is 1. The van der Waals surface area contributed by atoms with E-state index in [1.165, 1.54) is 0 Å². The molecule has 0 amide bonds. The van der Waals surface area contributed by atoms with Gasteiger partial charge in [0.15, 0.2) is 0 Å². The fraction of sp³-hybridized carbons (Fsp3) is 0.367. The monoisotopic (exact) mass is 509 g/mol. The highest BCUT2D eigenvalue weighted by atomic mass is 19.1. The number of β-amino-alcohol motifs (C(OH)–C–C–N with tert-alkyl or cyclic N) is 1. The van der Waals surface area contributed by atoms with Gasteiger partial charge in [-0.2, -0.15) is 0 Å². The Bertz CT molecular complexity index is 1200. The van der Waals surface area contributed by atoms with Gasteiger partial charge in [-0.25, -0.2) is 9.18 Å². The highest BCUT2D eigenvalue weighted by Gasteiger charge is 2.21. The standard InChI is InChI=1S/C30H36FNO5/c1-20-12-13-22(15-27(20)31)16-30(3,4)32-17-25(33)19-36-21(2)26-10-5-6-11-28(26)37-18-23-8-7-9-24(14-23)29(34)35/h5-15,21,25,32-33H,16-19H2,1-4H3,(H,34,35)/t21-,25-/m1/s1. The normalized spacial score (nSPS) is 13.2. The van der Waals surface area contributed by atoms with E-state index in [4.69, 9.17) is 9.47 Å². The largest absolute Gasteiger partial charge is 0.489 e. The van der Waals surface area contributed by atoms with Gasteiger partial charge in [0.1, 0.15) is 18.2 Å². The number of aliphatic hydroxyl groups excluding tert-OH is 1. The first-order valence-corrected chi connectivity index (χ1v) is 12.4. The third-order valence-electron chi connectivity index (χ3n) is 6.16. The maximum absolute atomic E-state index is 13.9. The molecule has 0 aromatic heterocycles. The third-order valence-corrected chi connectivity index (χ3v) is 6.16. The van der Waals surface area contributed by atoms with Crippen molar-refractivity contribution in [3.63, 3.8) is 0 Å². The summed E-state index contributed by atoms with van der Waals surface area (Å²) in [6.45, 7) is 8.33. The molecule has 0 spiro atoms. The summed E-state index contributed by atoms with van der Waals surface area (Å²) in [6, 6.07) is 19.4. The molecule has 0 aliphatic carbocycles. The molecule has 3 aromatic carbocycles. The molecule has 0 unspecified atom stereocenters. The average Bonchev–Trinajstić information content (AvgIpc) is 2.87. The zero-order valence-corrected chi connectivity index (χ0v) is 21.8. The Labute approximate surface area is 218 Å². The maximum atomic E-state index is 13.9. The van der Waals surface area contributed by atoms with E-state index in [0.717, 1.165) is 16.7 Å². The molecule has 3 rings (SSSR count). The number of para-hydroxylation sites is 1. The van der Waals surface area contributed by atoms with Crippen molar-refractivity contribution in [1.29, 1.82) is 0 Å². The number of aliphatic hydroxyl groups is 1. The van der Waals surface area contributed by atoms with Gasteiger partial charge in [-0.1, -0.05) is 42.5 Å². The fourth-order valence-corrected chi connectivity index (χ4v) is 4.02. The predicted molar refractivity (Wildman–Crippen MR) is 141 cm³/mol. The summed E-state index contributed by atoms with van der Waals surface area (Å²) in [6.07, 6.45) is -0.447. The van der Waals surface area contributed by atoms with Crippen molar-refractivity contribution in [3.05, 3.63) is 100 Å². The van der Waals surface area contributed by atoms with Crippen LogP contribution in [0.5, 0.6) is 5.75 Å². The van der Waals surface area contributed by atoms with Gasteiger partial charge in [-0.3, -0.25) is 0 Å². The maximum Gasteiger partial charge on any atom is 0.335 e. The highest BCUT2D eigenvalue weighted by molar-refractivity contribution is 5.87. The molecule has 0 radical (unpaired) electrons. The number of ether oxygens (including phenoxy) is 2. The van der Waals surface area contributed by atoms with E-state index in [2.05, 4.69) is 5.32 Å². The summed E-state index contributed by atoms with van der Waals surface area (Å²) in [4.78, 5) is 11.2. The zero-order valence-electron chi connectivity index (χ0n) is 21.8. The number of rotatable bonds is 13. The van der Waals surface area contributed by atoms with Crippen LogP contribution in [0.2, 0.25) is 0 Å². The molecule has 2 atom stereocenters. The summed E-state index contributed by atoms with van der Waals surface area (Å²) in [5.74, 6) is -0.562. The number of benzene rings is 3. The van der Waals surface area contributed by atoms with E-state index in [0.29, 0.717) is 24.3 Å². The number of aryl methyl sites for hydroxylation is 1. The summed E-state index contributed by atoms with van der Waals surface area (Å²) in [7, 11) is 0. The Balaban J connectivity index is 1.50. The number of hydrogen-bond donors (Lipinski definition) is 3. The molecule has 3 N–H and O–H groups in total. The van der Waals surface area contributed by atoms with Gasteiger partial charge in [0.05, 0.1) is 24.4 Å². The third kappa shape index (κ3) is 8.67. The first-order chi connectivity index (χ1) is 17.5. The molecule has 3 aromatic rings. The van der Waals surface area contributed by atoms with Crippen LogP contribution in [0.25, 0.3) is 0 Å². The molecule has 0 saturated carbocycles. The van der Waals surface area contributed by atoms with Crippen LogP contribution in [0.4, 0.5) is 4.39 Å². The van der Waals surface area contributed by atoms with Crippen molar-refractivity contribution < 1.29 is 28.9 Å². The summed E-state index contributed by atoms with van der Waals surface area (Å²) in [5.41, 5.74) is 2.97. The molecule has 0 fully saturated rings. The molecule has 0 saturated heterocycles. The molecular formula is C30H36FNO5. The molecule has 37 heavy (non-hydrogen) atoms. The molecule has 198 valence electrons. The van der Waals surface area contributed by atoms with Gasteiger partial charge < -0.3 is 25.0 Å². The van der Waals surface area contributed by atoms with Crippen molar-refractivity contribution in [2.45, 2.75) is 58.5 Å². The van der Waals surface area contributed by atoms with Crippen LogP contribution in [-0.2, 0) is 17.8 Å². The van der Waals surface area contributed by atoms with E-state index in [1.54, 1.807) is 37.3 Å². The lowest BCUT2D eigenvalue weighted by molar-refractivity contribution is -0.00520. The first kappa shape index (κ1) is 28.3. The Morgan fingerprint density at radius 1 is 1.05 bits per heavy atom. The second kappa shape index (κ2) is 12.8. The highest BCUT2D eigenvalue weighted by Crippen LogP contribution is 2.28. The first-order valence-electron chi connectivity index (χ1n) is 12.4. The van der Waals surface area contributed by atoms with Gasteiger partial charge >= 0.3 is 5.97 Å². The second-order valence-corrected chi connectivity index (χ2v) is 9.99. The zero-order chi connectivity index (χ0) is 27.0. The molecule has 0 aliphatic heterocycles. The molecule has 0 bridgehead atoms. The summed E-state index contributed by atoms with van der Waals surface area (Å²) in [5, 5.41) is 23.1. The summed E-state index contributed by atoms with van der Waals surface area (Å²) >= 11 is 0. The lowest BCUT2D eigenvalue weighted by Crippen LogP contribution is -2.46. The SMILES string of the molecule is Cc1ccc(CC(C)(C)NC[C@@H](O)CO[C@H](C)c2ccccc2OCc2cccc(C(=O)O)c2)cc1F. The number of aromatic carboxylic acids is 1. The predicted octanol–water partition coefficient (Wildman–Crippen LogP) is 5.46. The van der Waals surface area contributed by atoms with Crippen LogP contribution in [-0.4, -0.2) is 41.0 Å². The quantitative estimate of drug-likeness (QED) is 0.284. The van der Waals surface area contributed by atoms with Crippen LogP contribution in [0.3, 0.4) is 0 Å². The van der Waals surface area contributed by atoms with E-state index in [1.807, 2.05) is 57.2 Å². The smallest absolute Gasteiger partial charge is 0.335 e. The molecule has 0 aliphatic rings. The van der Waals surface area contributed by atoms with Crippen molar-refractivity contribution in [1.82, 2.24) is 5.32 Å². The van der Waals surface area contributed by atoms with Gasteiger partial charge in [-0.05, 0) is 75.1 Å². The lowest BCUT2D eigenvalue weighted by Gasteiger charge is -2.28. The second-order valence-electron chi connectivity index (χ2n) is 9.99. The Morgan fingerprint density at radius 3 is 2.54 bits per heavy atom. The van der Waals surface area contributed by atoms with E-state index in [-0.39, 0.29) is 36.2 Å². The topological polar surface area (TPSA) is 88.0 Å². The minimum absolute atomic E-state index is 0.123. The van der Waals surface area contributed by atoms with Crippen molar-refractivity contribution >= 4 is 5.97 Å². The number of carbonyl (C=O) groups is 1.